The van der Waals surface area contributed by atoms with Crippen molar-refractivity contribution in [3.8, 4) is 0 Å². The van der Waals surface area contributed by atoms with Crippen molar-refractivity contribution < 1.29 is 0 Å². The molecule has 62 valence electrons. The van der Waals surface area contributed by atoms with E-state index >= 15 is 0 Å². The van der Waals surface area contributed by atoms with Crippen LogP contribution in [0.4, 0.5) is 5.13 Å². The quantitative estimate of drug-likeness (QED) is 0.697. The highest BCUT2D eigenvalue weighted by atomic mass is 32.1. The van der Waals surface area contributed by atoms with Crippen LogP contribution in [0.5, 0.6) is 0 Å². The molecule has 0 aromatic carbocycles. The maximum Gasteiger partial charge on any atom is 0.180 e. The van der Waals surface area contributed by atoms with Crippen molar-refractivity contribution >= 4 is 16.5 Å². The summed E-state index contributed by atoms with van der Waals surface area (Å²) in [6.07, 6.45) is 0.778. The molecule has 0 spiro atoms. The first-order chi connectivity index (χ1) is 4.97. The second-order valence-corrected chi connectivity index (χ2v) is 4.23. The first kappa shape index (κ1) is 8.49. The topological polar surface area (TPSA) is 64.9 Å². The van der Waals surface area contributed by atoms with Crippen LogP contribution in [0.15, 0.2) is 5.38 Å². The van der Waals surface area contributed by atoms with Crippen LogP contribution < -0.4 is 11.5 Å². The zero-order valence-electron chi connectivity index (χ0n) is 6.79. The van der Waals surface area contributed by atoms with Gasteiger partial charge in [-0.25, -0.2) is 4.98 Å². The third-order valence-corrected chi connectivity index (χ3v) is 1.93. The van der Waals surface area contributed by atoms with E-state index in [0.717, 1.165) is 12.1 Å². The first-order valence-electron chi connectivity index (χ1n) is 3.46. The summed E-state index contributed by atoms with van der Waals surface area (Å²) >= 11 is 1.46. The molecular weight excluding hydrogens is 158 g/mol. The molecule has 0 aliphatic rings. The van der Waals surface area contributed by atoms with Gasteiger partial charge in [-0.2, -0.15) is 0 Å². The molecule has 0 bridgehead atoms. The van der Waals surface area contributed by atoms with Crippen LogP contribution in [0.25, 0.3) is 0 Å². The number of nitrogens with two attached hydrogens (primary N) is 2. The zero-order valence-corrected chi connectivity index (χ0v) is 7.61. The van der Waals surface area contributed by atoms with Gasteiger partial charge >= 0.3 is 0 Å². The average molecular weight is 171 g/mol. The van der Waals surface area contributed by atoms with Crippen molar-refractivity contribution in [2.75, 3.05) is 5.73 Å². The van der Waals surface area contributed by atoms with Crippen molar-refractivity contribution in [3.05, 3.63) is 11.1 Å². The van der Waals surface area contributed by atoms with Gasteiger partial charge < -0.3 is 11.5 Å². The number of aromatic nitrogens is 1. The second-order valence-electron chi connectivity index (χ2n) is 3.34. The van der Waals surface area contributed by atoms with Gasteiger partial charge in [0, 0.05) is 17.3 Å². The van der Waals surface area contributed by atoms with Crippen LogP contribution in [0.2, 0.25) is 0 Å². The van der Waals surface area contributed by atoms with Crippen LogP contribution >= 0.6 is 11.3 Å². The lowest BCUT2D eigenvalue weighted by molar-refractivity contribution is 0.511. The lowest BCUT2D eigenvalue weighted by atomic mass is 10.0. The standard InChI is InChI=1S/C7H13N3S/c1-7(2,9)3-5-4-11-6(8)10-5/h4H,3,9H2,1-2H3,(H2,8,10). The molecular formula is C7H13N3S. The van der Waals surface area contributed by atoms with Crippen LogP contribution in [0, 0.1) is 0 Å². The van der Waals surface area contributed by atoms with E-state index in [1.165, 1.54) is 11.3 Å². The number of hydrogen-bond donors (Lipinski definition) is 2. The normalized spacial score (nSPS) is 11.9. The third-order valence-electron chi connectivity index (χ3n) is 1.21. The summed E-state index contributed by atoms with van der Waals surface area (Å²) < 4.78 is 0. The van der Waals surface area contributed by atoms with Crippen molar-refractivity contribution in [2.45, 2.75) is 25.8 Å². The van der Waals surface area contributed by atoms with Gasteiger partial charge in [0.25, 0.3) is 0 Å². The zero-order chi connectivity index (χ0) is 8.48. The molecule has 0 amide bonds. The van der Waals surface area contributed by atoms with Crippen molar-refractivity contribution in [1.29, 1.82) is 0 Å². The molecule has 0 aliphatic carbocycles. The predicted molar refractivity (Wildman–Crippen MR) is 48.5 cm³/mol. The number of thiazole rings is 1. The Morgan fingerprint density at radius 2 is 2.27 bits per heavy atom. The number of anilines is 1. The summed E-state index contributed by atoms with van der Waals surface area (Å²) in [7, 11) is 0. The Hall–Kier alpha value is -0.610. The molecule has 0 fully saturated rings. The highest BCUT2D eigenvalue weighted by molar-refractivity contribution is 7.13. The molecule has 3 nitrogen and oxygen atoms in total. The molecule has 0 saturated carbocycles. The Balaban J connectivity index is 2.65. The Kier molecular flexibility index (Phi) is 2.15. The maximum atomic E-state index is 5.80. The monoisotopic (exact) mass is 171 g/mol. The Morgan fingerprint density at radius 1 is 1.64 bits per heavy atom. The summed E-state index contributed by atoms with van der Waals surface area (Å²) in [4.78, 5) is 4.11. The highest BCUT2D eigenvalue weighted by Gasteiger charge is 2.13. The van der Waals surface area contributed by atoms with E-state index in [9.17, 15) is 0 Å². The van der Waals surface area contributed by atoms with E-state index in [0.29, 0.717) is 5.13 Å². The molecule has 1 aromatic heterocycles. The molecule has 1 heterocycles. The fraction of sp³-hybridized carbons (Fsp3) is 0.571. The van der Waals surface area contributed by atoms with Crippen molar-refractivity contribution in [2.24, 2.45) is 5.73 Å². The molecule has 0 saturated heterocycles. The van der Waals surface area contributed by atoms with Gasteiger partial charge in [0.05, 0.1) is 5.69 Å². The minimum absolute atomic E-state index is 0.194. The fourth-order valence-corrected chi connectivity index (χ4v) is 1.43. The average Bonchev–Trinajstić information content (AvgIpc) is 2.10. The SMILES string of the molecule is CC(C)(N)Cc1csc(N)n1. The van der Waals surface area contributed by atoms with E-state index < -0.39 is 0 Å². The molecule has 11 heavy (non-hydrogen) atoms. The van der Waals surface area contributed by atoms with Crippen LogP contribution in [0.1, 0.15) is 19.5 Å². The number of hydrogen-bond acceptors (Lipinski definition) is 4. The largest absolute Gasteiger partial charge is 0.375 e. The molecule has 0 radical (unpaired) electrons. The van der Waals surface area contributed by atoms with Gasteiger partial charge in [-0.1, -0.05) is 0 Å². The van der Waals surface area contributed by atoms with Crippen molar-refractivity contribution in [3.63, 3.8) is 0 Å². The molecule has 0 atom stereocenters. The summed E-state index contributed by atoms with van der Waals surface area (Å²) in [5.74, 6) is 0. The smallest absolute Gasteiger partial charge is 0.180 e. The van der Waals surface area contributed by atoms with Gasteiger partial charge in [-0.15, -0.1) is 11.3 Å². The number of nitrogens with zero attached hydrogens (tertiary/aromatic N) is 1. The molecule has 0 aliphatic heterocycles. The Labute approximate surface area is 70.4 Å². The van der Waals surface area contributed by atoms with E-state index in [-0.39, 0.29) is 5.54 Å². The van der Waals surface area contributed by atoms with E-state index in [4.69, 9.17) is 11.5 Å². The molecule has 1 aromatic rings. The fourth-order valence-electron chi connectivity index (χ4n) is 0.871. The van der Waals surface area contributed by atoms with Gasteiger partial charge in [0.2, 0.25) is 0 Å². The van der Waals surface area contributed by atoms with Gasteiger partial charge in [0.1, 0.15) is 0 Å². The minimum Gasteiger partial charge on any atom is -0.375 e. The predicted octanol–water partition coefficient (Wildman–Crippen LogP) is 1.01. The maximum absolute atomic E-state index is 5.80. The Bertz CT molecular complexity index is 236. The molecule has 4 heteroatoms. The number of nitrogen functional groups attached to an aromatic ring is 1. The lowest BCUT2D eigenvalue weighted by Crippen LogP contribution is -2.34. The van der Waals surface area contributed by atoms with Crippen LogP contribution in [-0.4, -0.2) is 10.5 Å². The van der Waals surface area contributed by atoms with E-state index in [1.807, 2.05) is 19.2 Å². The lowest BCUT2D eigenvalue weighted by Gasteiger charge is -2.15. The van der Waals surface area contributed by atoms with E-state index in [2.05, 4.69) is 4.98 Å². The van der Waals surface area contributed by atoms with Gasteiger partial charge in [0.15, 0.2) is 5.13 Å². The summed E-state index contributed by atoms with van der Waals surface area (Å²) in [6.45, 7) is 3.95. The second kappa shape index (κ2) is 2.79. The minimum atomic E-state index is -0.194. The Morgan fingerprint density at radius 3 is 2.64 bits per heavy atom. The number of rotatable bonds is 2. The third kappa shape index (κ3) is 2.86. The summed E-state index contributed by atoms with van der Waals surface area (Å²) in [5.41, 5.74) is 12.1. The molecule has 4 N–H and O–H groups in total. The summed E-state index contributed by atoms with van der Waals surface area (Å²) in [5, 5.41) is 2.56. The van der Waals surface area contributed by atoms with Crippen LogP contribution in [0.3, 0.4) is 0 Å². The van der Waals surface area contributed by atoms with Gasteiger partial charge in [-0.3, -0.25) is 0 Å². The molecule has 0 unspecified atom stereocenters. The first-order valence-corrected chi connectivity index (χ1v) is 4.34. The van der Waals surface area contributed by atoms with E-state index in [1.54, 1.807) is 0 Å². The van der Waals surface area contributed by atoms with Crippen molar-refractivity contribution in [1.82, 2.24) is 4.98 Å². The van der Waals surface area contributed by atoms with Crippen LogP contribution in [-0.2, 0) is 6.42 Å². The van der Waals surface area contributed by atoms with Gasteiger partial charge in [-0.05, 0) is 13.8 Å². The summed E-state index contributed by atoms with van der Waals surface area (Å²) in [6, 6.07) is 0. The molecule has 1 rings (SSSR count). The highest BCUT2D eigenvalue weighted by Crippen LogP contribution is 2.15.